The largest absolute Gasteiger partial charge is 0.490 e. The number of carboxylic acids is 3. The molecule has 3 aromatic heterocycles. The molecular weight excluding hydrogens is 928 g/mol. The van der Waals surface area contributed by atoms with Crippen molar-refractivity contribution in [2.24, 2.45) is 0 Å². The highest BCUT2D eigenvalue weighted by Crippen LogP contribution is 2.42. The van der Waals surface area contributed by atoms with E-state index in [-0.39, 0.29) is 77.0 Å². The van der Waals surface area contributed by atoms with Crippen LogP contribution in [0.3, 0.4) is 0 Å². The lowest BCUT2D eigenvalue weighted by Crippen LogP contribution is -2.31. The van der Waals surface area contributed by atoms with E-state index in [0.29, 0.717) is 65.4 Å². The quantitative estimate of drug-likeness (QED) is 0.0279. The molecule has 368 valence electrons. The number of nitrogens with zero attached hydrogens (tertiary/aromatic N) is 7. The van der Waals surface area contributed by atoms with Crippen LogP contribution in [0.25, 0.3) is 11.6 Å². The lowest BCUT2D eigenvalue weighted by atomic mass is 10.1. The summed E-state index contributed by atoms with van der Waals surface area (Å²) in [7, 11) is -2.96. The minimum Gasteiger partial charge on any atom is -0.490 e. The monoisotopic (exact) mass is 985 g/mol. The highest BCUT2D eigenvalue weighted by atomic mass is 31.2. The molecule has 0 aliphatic rings. The summed E-state index contributed by atoms with van der Waals surface area (Å²) in [6.45, 7) is 3.45. The molecule has 3 heterocycles. The summed E-state index contributed by atoms with van der Waals surface area (Å²) in [5, 5.41) is 37.4. The number of carbonyl (C=O) groups is 3. The van der Waals surface area contributed by atoms with Gasteiger partial charge in [-0.2, -0.15) is 10.2 Å². The molecule has 0 saturated heterocycles. The molecule has 0 radical (unpaired) electrons. The number of ether oxygens (including phenoxy) is 4. The Morgan fingerprint density at radius 3 is 1.84 bits per heavy atom. The Morgan fingerprint density at radius 2 is 1.31 bits per heavy atom. The van der Waals surface area contributed by atoms with Crippen molar-refractivity contribution in [1.82, 2.24) is 34.3 Å². The fraction of sp³-hybridized carbons (Fsp3) is 0.455. The molecule has 0 fully saturated rings. The summed E-state index contributed by atoms with van der Waals surface area (Å²) < 4.78 is 48.4. The Balaban J connectivity index is 1.81. The number of hydrogen-bond donors (Lipinski definition) is 5. The van der Waals surface area contributed by atoms with Gasteiger partial charge in [0.05, 0.1) is 68.3 Å². The lowest BCUT2D eigenvalue weighted by Gasteiger charge is -2.21. The number of unbranched alkanes of at least 4 members (excludes halogenated alkanes) is 2. The summed E-state index contributed by atoms with van der Waals surface area (Å²) in [6.07, 6.45) is 4.24. The van der Waals surface area contributed by atoms with Crippen LogP contribution in [0.4, 0.5) is 0 Å². The summed E-state index contributed by atoms with van der Waals surface area (Å²) in [5.41, 5.74) is 2.19. The predicted molar refractivity (Wildman–Crippen MR) is 247 cm³/mol. The maximum Gasteiger partial charge on any atom is 0.342 e. The molecule has 5 N–H and O–H groups in total. The van der Waals surface area contributed by atoms with Crippen LogP contribution in [0.1, 0.15) is 67.6 Å². The molecule has 0 saturated carbocycles. The fourth-order valence-corrected chi connectivity index (χ4v) is 8.33. The van der Waals surface area contributed by atoms with Gasteiger partial charge in [-0.3, -0.25) is 28.7 Å². The summed E-state index contributed by atoms with van der Waals surface area (Å²) in [6, 6.07) is 10.0. The molecule has 24 heteroatoms. The maximum absolute atomic E-state index is 12.6. The summed E-state index contributed by atoms with van der Waals surface area (Å²) >= 11 is 0. The summed E-state index contributed by atoms with van der Waals surface area (Å²) in [5.74, 6) is 10.7. The van der Waals surface area contributed by atoms with Crippen LogP contribution < -0.4 is 9.47 Å². The maximum atomic E-state index is 12.6. The van der Waals surface area contributed by atoms with Crippen molar-refractivity contribution < 1.29 is 72.1 Å². The van der Waals surface area contributed by atoms with Gasteiger partial charge in [-0.25, -0.2) is 14.3 Å². The van der Waals surface area contributed by atoms with Gasteiger partial charge in [0.1, 0.15) is 31.0 Å². The van der Waals surface area contributed by atoms with Gasteiger partial charge in [0.2, 0.25) is 0 Å². The Morgan fingerprint density at radius 1 is 0.750 bits per heavy atom. The van der Waals surface area contributed by atoms with Crippen LogP contribution in [0.2, 0.25) is 0 Å². The molecule has 0 amide bonds. The minimum atomic E-state index is -4.15. The van der Waals surface area contributed by atoms with Crippen LogP contribution in [0.15, 0.2) is 48.8 Å². The second-order valence-electron chi connectivity index (χ2n) is 14.6. The van der Waals surface area contributed by atoms with Crippen molar-refractivity contribution in [2.75, 3.05) is 79.5 Å². The molecule has 22 nitrogen and oxygen atoms in total. The van der Waals surface area contributed by atoms with Crippen LogP contribution in [-0.4, -0.2) is 157 Å². The molecule has 1 aromatic carbocycles. The molecule has 0 aliphatic heterocycles. The van der Waals surface area contributed by atoms with Crippen molar-refractivity contribution in [3.63, 3.8) is 0 Å². The molecular formula is C44H57N7O15P2. The van der Waals surface area contributed by atoms with E-state index in [9.17, 15) is 38.9 Å². The Hall–Kier alpha value is -5.74. The van der Waals surface area contributed by atoms with Crippen LogP contribution in [0.5, 0.6) is 11.5 Å². The van der Waals surface area contributed by atoms with Gasteiger partial charge in [-0.1, -0.05) is 23.7 Å². The number of rotatable bonds is 30. The Bertz CT molecular complexity index is 2460. The average Bonchev–Trinajstić information content (AvgIpc) is 3.94. The van der Waals surface area contributed by atoms with E-state index in [2.05, 4.69) is 33.9 Å². The normalized spacial score (nSPS) is 12.5. The molecule has 0 aliphatic carbocycles. The average molecular weight is 986 g/mol. The first-order valence-corrected chi connectivity index (χ1v) is 24.5. The third-order valence-electron chi connectivity index (χ3n) is 9.03. The lowest BCUT2D eigenvalue weighted by molar-refractivity contribution is -0.139. The number of carboxylic acid groups (broad SMARTS) is 3. The fourth-order valence-electron chi connectivity index (χ4n) is 6.22. The zero-order valence-corrected chi connectivity index (χ0v) is 40.1. The Kier molecular flexibility index (Phi) is 23.0. The molecule has 4 rings (SSSR count). The van der Waals surface area contributed by atoms with E-state index in [1.165, 1.54) is 19.2 Å². The molecule has 68 heavy (non-hydrogen) atoms. The number of methoxy groups -OCH3 is 2. The van der Waals surface area contributed by atoms with E-state index < -0.39 is 46.7 Å². The molecule has 0 spiro atoms. The van der Waals surface area contributed by atoms with Gasteiger partial charge in [-0.05, 0) is 51.0 Å². The highest BCUT2D eigenvalue weighted by molar-refractivity contribution is 7.52. The SMILES string of the molecule is CCOP(O)CN(CC(=O)O)Cc1ccn(-c2cc(C#Cc3cc(OCCOC)c(C#CCCCCC(=O)O)cc3OCCOC)cc(-n3ccc(CN(CC(=O)O)CP(=O)(O)OCC)n3)n2)n1. The predicted octanol–water partition coefficient (Wildman–Crippen LogP) is 4.15. The zero-order chi connectivity index (χ0) is 49.5. The van der Waals surface area contributed by atoms with Crippen molar-refractivity contribution >= 4 is 33.9 Å². The standard InChI is InChI=1S/C44H57N7O15P2/c1-5-65-67(58)31-48(29-43(54)55)27-36-15-17-50(46-36)40-23-33(24-41(45-40)51-18-16-37(47-51)28-49(30-44(56)57)32-68(59,60)66-6-2)13-14-35-26-38(63-21-19-61-3)34(25-39(35)64-22-20-62-4)11-9-7-8-10-12-42(52)53/h15-18,23-26,58H,5-8,10,12,19-22,27-32H2,1-4H3,(H,52,53)(H,54,55)(H,56,57)(H,59,60). The van der Waals surface area contributed by atoms with Crippen LogP contribution in [-0.2, 0) is 50.6 Å². The first kappa shape index (κ1) is 54.9. The number of benzene rings is 1. The van der Waals surface area contributed by atoms with E-state index in [4.69, 9.17) is 38.1 Å². The molecule has 0 bridgehead atoms. The smallest absolute Gasteiger partial charge is 0.342 e. The topological polar surface area (TPSA) is 280 Å². The number of pyridine rings is 1. The van der Waals surface area contributed by atoms with Gasteiger partial charge >= 0.3 is 25.5 Å². The summed E-state index contributed by atoms with van der Waals surface area (Å²) in [4.78, 5) is 62.5. The van der Waals surface area contributed by atoms with Crippen molar-refractivity contribution in [2.45, 2.75) is 52.6 Å². The zero-order valence-electron chi connectivity index (χ0n) is 38.3. The second kappa shape index (κ2) is 28.6. The van der Waals surface area contributed by atoms with E-state index in [1.54, 1.807) is 76.9 Å². The van der Waals surface area contributed by atoms with Gasteiger partial charge in [0.25, 0.3) is 0 Å². The van der Waals surface area contributed by atoms with E-state index in [1.807, 2.05) is 0 Å². The van der Waals surface area contributed by atoms with Gasteiger partial charge in [0, 0.05) is 70.2 Å². The highest BCUT2D eigenvalue weighted by Gasteiger charge is 2.26. The minimum absolute atomic E-state index is 0.0265. The first-order chi connectivity index (χ1) is 32.6. The first-order valence-electron chi connectivity index (χ1n) is 21.3. The van der Waals surface area contributed by atoms with Gasteiger partial charge in [0.15, 0.2) is 20.0 Å². The second-order valence-corrected chi connectivity index (χ2v) is 17.7. The third-order valence-corrected chi connectivity index (χ3v) is 11.7. The molecule has 2 atom stereocenters. The van der Waals surface area contributed by atoms with Gasteiger partial charge in [-0.15, -0.1) is 0 Å². The molecule has 2 unspecified atom stereocenters. The van der Waals surface area contributed by atoms with E-state index in [0.717, 1.165) is 0 Å². The van der Waals surface area contributed by atoms with Crippen molar-refractivity contribution in [3.05, 3.63) is 76.9 Å². The number of aliphatic carboxylic acids is 3. The van der Waals surface area contributed by atoms with Crippen LogP contribution >= 0.6 is 16.0 Å². The van der Waals surface area contributed by atoms with Crippen LogP contribution in [0, 0.1) is 23.7 Å². The van der Waals surface area contributed by atoms with E-state index >= 15 is 0 Å². The van der Waals surface area contributed by atoms with Crippen molar-refractivity contribution in [1.29, 1.82) is 0 Å². The third kappa shape index (κ3) is 19.5. The molecule has 4 aromatic rings. The Labute approximate surface area is 395 Å². The number of aromatic nitrogens is 5. The van der Waals surface area contributed by atoms with Gasteiger partial charge < -0.3 is 53.1 Å². The van der Waals surface area contributed by atoms with Crippen molar-refractivity contribution in [3.8, 4) is 46.8 Å². The number of hydrogen-bond acceptors (Lipinski definition) is 16.